The van der Waals surface area contributed by atoms with Crippen LogP contribution < -0.4 is 4.74 Å². The smallest absolute Gasteiger partial charge is 0.188 e. The summed E-state index contributed by atoms with van der Waals surface area (Å²) in [5, 5.41) is 9.05. The molecule has 39 heavy (non-hydrogen) atoms. The van der Waals surface area contributed by atoms with Gasteiger partial charge in [0.2, 0.25) is 0 Å². The van der Waals surface area contributed by atoms with Crippen molar-refractivity contribution in [2.45, 2.75) is 71.4 Å². The molecule has 2 atom stereocenters. The van der Waals surface area contributed by atoms with Gasteiger partial charge in [-0.3, -0.25) is 14.6 Å². The summed E-state index contributed by atoms with van der Waals surface area (Å²) in [6.45, 7) is 14.3. The number of hydrogen-bond donors (Lipinski definition) is 1. The van der Waals surface area contributed by atoms with Crippen molar-refractivity contribution in [2.24, 2.45) is 5.92 Å². The van der Waals surface area contributed by atoms with Gasteiger partial charge in [-0.2, -0.15) is 0 Å². The van der Waals surface area contributed by atoms with E-state index in [-0.39, 0.29) is 5.78 Å². The van der Waals surface area contributed by atoms with Crippen LogP contribution >= 0.6 is 0 Å². The first-order valence-electron chi connectivity index (χ1n) is 14.4. The zero-order chi connectivity index (χ0) is 28.0. The molecule has 0 unspecified atom stereocenters. The Labute approximate surface area is 233 Å². The minimum Gasteiger partial charge on any atom is -0.493 e. The molecular formula is C32H46FN3O3. The highest BCUT2D eigenvalue weighted by molar-refractivity contribution is 5.96. The summed E-state index contributed by atoms with van der Waals surface area (Å²) in [7, 11) is 0. The lowest BCUT2D eigenvalue weighted by Crippen LogP contribution is -2.55. The monoisotopic (exact) mass is 539 g/mol. The Kier molecular flexibility index (Phi) is 10.2. The second-order valence-corrected chi connectivity index (χ2v) is 12.2. The third-order valence-electron chi connectivity index (χ3n) is 8.08. The lowest BCUT2D eigenvalue weighted by atomic mass is 9.97. The average molecular weight is 540 g/mol. The molecule has 0 amide bonds. The average Bonchev–Trinajstić information content (AvgIpc) is 2.90. The minimum absolute atomic E-state index is 0.243. The number of ether oxygens (including phenoxy) is 1. The number of likely N-dealkylation sites (tertiary alicyclic amines) is 1. The molecule has 2 aliphatic rings. The third-order valence-corrected chi connectivity index (χ3v) is 8.08. The van der Waals surface area contributed by atoms with Gasteiger partial charge >= 0.3 is 0 Å². The molecule has 7 heteroatoms. The van der Waals surface area contributed by atoms with Crippen molar-refractivity contribution in [2.75, 3.05) is 45.9 Å². The fourth-order valence-corrected chi connectivity index (χ4v) is 6.01. The number of piperazine rings is 1. The van der Waals surface area contributed by atoms with E-state index in [9.17, 15) is 9.18 Å². The zero-order valence-corrected chi connectivity index (χ0v) is 24.1. The number of hydrogen-bond acceptors (Lipinski definition) is 6. The molecule has 2 aromatic rings. The summed E-state index contributed by atoms with van der Waals surface area (Å²) in [5.74, 6) is 1.21. The SMILES string of the molecule is C[C@@H]1CN(Cc2ccc(C(=O)CO)cc2)C[C@H](C)N1Cc1ccc(OCC2CCN(CC(C)(C)F)CC2)cc1. The van der Waals surface area contributed by atoms with Crippen LogP contribution in [-0.4, -0.2) is 89.3 Å². The number of rotatable bonds is 11. The van der Waals surface area contributed by atoms with Crippen LogP contribution in [0.15, 0.2) is 48.5 Å². The number of aliphatic hydroxyl groups is 1. The maximum atomic E-state index is 13.9. The quantitative estimate of drug-likeness (QED) is 0.414. The van der Waals surface area contributed by atoms with Crippen LogP contribution in [0.5, 0.6) is 5.75 Å². The molecule has 0 bridgehead atoms. The number of alkyl halides is 1. The first-order chi connectivity index (χ1) is 18.6. The van der Waals surface area contributed by atoms with Crippen LogP contribution in [0, 0.1) is 5.92 Å². The minimum atomic E-state index is -1.13. The first kappa shape index (κ1) is 29.7. The maximum absolute atomic E-state index is 13.9. The molecule has 2 aromatic carbocycles. The van der Waals surface area contributed by atoms with E-state index >= 15 is 0 Å². The summed E-state index contributed by atoms with van der Waals surface area (Å²) >= 11 is 0. The Morgan fingerprint density at radius 3 is 2.05 bits per heavy atom. The second kappa shape index (κ2) is 13.4. The number of piperidine rings is 1. The van der Waals surface area contributed by atoms with Crippen LogP contribution in [0.4, 0.5) is 4.39 Å². The first-order valence-corrected chi connectivity index (χ1v) is 14.4. The van der Waals surface area contributed by atoms with Crippen LogP contribution in [0.2, 0.25) is 0 Å². The Balaban J connectivity index is 1.21. The largest absolute Gasteiger partial charge is 0.493 e. The molecular weight excluding hydrogens is 493 g/mol. The zero-order valence-electron chi connectivity index (χ0n) is 24.1. The molecule has 0 saturated carbocycles. The van der Waals surface area contributed by atoms with Gasteiger partial charge < -0.3 is 14.7 Å². The van der Waals surface area contributed by atoms with Crippen molar-refractivity contribution in [3.63, 3.8) is 0 Å². The molecule has 1 N–H and O–H groups in total. The Morgan fingerprint density at radius 1 is 0.923 bits per heavy atom. The summed E-state index contributed by atoms with van der Waals surface area (Å²) in [4.78, 5) is 18.9. The van der Waals surface area contributed by atoms with Crippen LogP contribution in [-0.2, 0) is 13.1 Å². The fourth-order valence-electron chi connectivity index (χ4n) is 6.01. The van der Waals surface area contributed by atoms with Crippen LogP contribution in [0.25, 0.3) is 0 Å². The molecule has 0 aliphatic carbocycles. The highest BCUT2D eigenvalue weighted by Crippen LogP contribution is 2.24. The Bertz CT molecular complexity index is 1030. The van der Waals surface area contributed by atoms with E-state index in [1.807, 2.05) is 24.3 Å². The van der Waals surface area contributed by atoms with E-state index in [4.69, 9.17) is 9.84 Å². The molecule has 214 valence electrons. The van der Waals surface area contributed by atoms with Crippen molar-refractivity contribution in [1.82, 2.24) is 14.7 Å². The van der Waals surface area contributed by atoms with Crippen molar-refractivity contribution >= 4 is 5.78 Å². The van der Waals surface area contributed by atoms with Gasteiger partial charge in [0.15, 0.2) is 5.78 Å². The Morgan fingerprint density at radius 2 is 1.49 bits per heavy atom. The van der Waals surface area contributed by atoms with Crippen molar-refractivity contribution in [3.8, 4) is 5.75 Å². The van der Waals surface area contributed by atoms with E-state index in [2.05, 4.69) is 52.8 Å². The van der Waals surface area contributed by atoms with E-state index in [1.165, 1.54) is 11.1 Å². The number of halogens is 1. The van der Waals surface area contributed by atoms with Gasteiger partial charge in [0.1, 0.15) is 18.0 Å². The van der Waals surface area contributed by atoms with Gasteiger partial charge in [-0.25, -0.2) is 4.39 Å². The highest BCUT2D eigenvalue weighted by atomic mass is 19.1. The molecule has 2 saturated heterocycles. The molecule has 2 heterocycles. The van der Waals surface area contributed by atoms with E-state index < -0.39 is 12.3 Å². The molecule has 4 rings (SSSR count). The third kappa shape index (κ3) is 8.84. The number of carbonyl (C=O) groups excluding carboxylic acids is 1. The highest BCUT2D eigenvalue weighted by Gasteiger charge is 2.29. The number of nitrogens with zero attached hydrogens (tertiary/aromatic N) is 3. The number of benzene rings is 2. The predicted octanol–water partition coefficient (Wildman–Crippen LogP) is 4.80. The van der Waals surface area contributed by atoms with Gasteiger partial charge in [-0.05, 0) is 82.8 Å². The molecule has 0 radical (unpaired) electrons. The number of carbonyl (C=O) groups is 1. The number of Topliss-reactive ketones (excluding diaryl/α,β-unsaturated/α-hetero) is 1. The van der Waals surface area contributed by atoms with Crippen LogP contribution in [0.3, 0.4) is 0 Å². The number of aliphatic hydroxyl groups excluding tert-OH is 1. The maximum Gasteiger partial charge on any atom is 0.188 e. The molecule has 2 aliphatic heterocycles. The molecule has 2 fully saturated rings. The van der Waals surface area contributed by atoms with Crippen molar-refractivity contribution in [1.29, 1.82) is 0 Å². The summed E-state index contributed by atoms with van der Waals surface area (Å²) < 4.78 is 20.0. The Hall–Kier alpha value is -2.32. The summed E-state index contributed by atoms with van der Waals surface area (Å²) in [6, 6.07) is 17.0. The summed E-state index contributed by atoms with van der Waals surface area (Å²) in [5.41, 5.74) is 1.90. The summed E-state index contributed by atoms with van der Waals surface area (Å²) in [6.07, 6.45) is 2.12. The molecule has 6 nitrogen and oxygen atoms in total. The van der Waals surface area contributed by atoms with E-state index in [1.54, 1.807) is 13.8 Å². The standard InChI is InChI=1S/C32H46FN3O3/c1-24-17-35(19-26-5-9-29(10-6-26)31(38)21-37)18-25(2)36(24)20-27-7-11-30(12-8-27)39-22-28-13-15-34(16-14-28)23-32(3,4)33/h5-12,24-25,28,37H,13-23H2,1-4H3/t24-,25+. The topological polar surface area (TPSA) is 56.3 Å². The predicted molar refractivity (Wildman–Crippen MR) is 154 cm³/mol. The van der Waals surface area contributed by atoms with Gasteiger partial charge in [0, 0.05) is 50.4 Å². The van der Waals surface area contributed by atoms with Gasteiger partial charge in [0.25, 0.3) is 0 Å². The fraction of sp³-hybridized carbons (Fsp3) is 0.594. The van der Waals surface area contributed by atoms with Crippen LogP contribution in [0.1, 0.15) is 62.0 Å². The van der Waals surface area contributed by atoms with E-state index in [0.29, 0.717) is 30.1 Å². The van der Waals surface area contributed by atoms with E-state index in [0.717, 1.165) is 64.5 Å². The lowest BCUT2D eigenvalue weighted by Gasteiger charge is -2.44. The van der Waals surface area contributed by atoms with Gasteiger partial charge in [-0.1, -0.05) is 36.4 Å². The van der Waals surface area contributed by atoms with Gasteiger partial charge in [0.05, 0.1) is 6.61 Å². The number of ketones is 1. The molecule has 0 spiro atoms. The van der Waals surface area contributed by atoms with Crippen molar-refractivity contribution < 1.29 is 19.0 Å². The van der Waals surface area contributed by atoms with Gasteiger partial charge in [-0.15, -0.1) is 0 Å². The molecule has 0 aromatic heterocycles. The second-order valence-electron chi connectivity index (χ2n) is 12.2. The normalized spacial score (nSPS) is 22.2. The van der Waals surface area contributed by atoms with Crippen molar-refractivity contribution in [3.05, 3.63) is 65.2 Å². The lowest BCUT2D eigenvalue weighted by molar-refractivity contribution is 0.0290.